The Kier molecular flexibility index (Phi) is 6.22. The largest absolute Gasteiger partial charge is 0.456 e. The van der Waals surface area contributed by atoms with Crippen LogP contribution in [0.1, 0.15) is 13.8 Å². The average Bonchev–Trinajstić information content (AvgIpc) is 2.43. The Morgan fingerprint density at radius 2 is 1.32 bits per heavy atom. The van der Waals surface area contributed by atoms with Crippen molar-refractivity contribution in [2.75, 3.05) is 6.61 Å². The van der Waals surface area contributed by atoms with Crippen molar-refractivity contribution < 1.29 is 57.8 Å². The van der Waals surface area contributed by atoms with Gasteiger partial charge in [0.15, 0.2) is 12.8 Å². The molecule has 0 aromatic rings. The number of halogens is 11. The Hall–Kier alpha value is -1.56. The van der Waals surface area contributed by atoms with Gasteiger partial charge in [0.1, 0.15) is 0 Å². The molecule has 1 atom stereocenters. The first-order valence-electron chi connectivity index (χ1n) is 6.13. The van der Waals surface area contributed by atoms with Gasteiger partial charge in [-0.05, 0) is 13.8 Å². The summed E-state index contributed by atoms with van der Waals surface area (Å²) in [5, 5.41) is 0. The summed E-state index contributed by atoms with van der Waals surface area (Å²) in [4.78, 5) is 10.8. The first kappa shape index (κ1) is 23.4. The fraction of sp³-hybridized carbons (Fsp3) is 0.750. The first-order valence-corrected chi connectivity index (χ1v) is 6.13. The fourth-order valence-electron chi connectivity index (χ4n) is 1.26. The number of alkyl halides is 11. The zero-order chi connectivity index (χ0) is 20.6. The lowest BCUT2D eigenvalue weighted by molar-refractivity contribution is -0.409. The van der Waals surface area contributed by atoms with E-state index in [0.29, 0.717) is 0 Å². The fourth-order valence-corrected chi connectivity index (χ4v) is 1.26. The zero-order valence-corrected chi connectivity index (χ0v) is 12.5. The standard InChI is InChI=1S/C12H11F11O2/c1-5(2)7(24)25-4-8(14,15)10(18,19)12(22,23)11(20,21)9(16,17)6(3)13/h6H,1,4H2,2-3H3. The molecule has 25 heavy (non-hydrogen) atoms. The molecular weight excluding hydrogens is 385 g/mol. The van der Waals surface area contributed by atoms with Gasteiger partial charge >= 0.3 is 35.6 Å². The SMILES string of the molecule is C=C(C)C(=O)OCC(F)(F)C(F)(F)C(F)(F)C(F)(F)C(F)(F)C(C)F. The van der Waals surface area contributed by atoms with Crippen LogP contribution < -0.4 is 0 Å². The Bertz CT molecular complexity index is 525. The highest BCUT2D eigenvalue weighted by Crippen LogP contribution is 2.57. The van der Waals surface area contributed by atoms with Crippen LogP contribution in [0, 0.1) is 0 Å². The Balaban J connectivity index is 5.86. The van der Waals surface area contributed by atoms with Crippen molar-refractivity contribution in [1.29, 1.82) is 0 Å². The molecule has 0 radical (unpaired) electrons. The number of hydrogen-bond donors (Lipinski definition) is 0. The lowest BCUT2D eigenvalue weighted by Crippen LogP contribution is -2.69. The summed E-state index contributed by atoms with van der Waals surface area (Å²) in [6.45, 7) is 0.502. The zero-order valence-electron chi connectivity index (χ0n) is 12.5. The van der Waals surface area contributed by atoms with Crippen LogP contribution in [0.15, 0.2) is 12.2 Å². The van der Waals surface area contributed by atoms with E-state index < -0.39 is 53.9 Å². The molecule has 0 rings (SSSR count). The predicted octanol–water partition coefficient (Wildman–Crippen LogP) is 4.64. The van der Waals surface area contributed by atoms with Gasteiger partial charge in [0, 0.05) is 5.57 Å². The molecule has 148 valence electrons. The van der Waals surface area contributed by atoms with Crippen molar-refractivity contribution in [3.63, 3.8) is 0 Å². The van der Waals surface area contributed by atoms with Crippen LogP contribution >= 0.6 is 0 Å². The maximum Gasteiger partial charge on any atom is 0.384 e. The van der Waals surface area contributed by atoms with Gasteiger partial charge in [-0.15, -0.1) is 0 Å². The Morgan fingerprint density at radius 3 is 1.64 bits per heavy atom. The lowest BCUT2D eigenvalue weighted by Gasteiger charge is -2.39. The highest BCUT2D eigenvalue weighted by Gasteiger charge is 2.87. The molecule has 0 aromatic heterocycles. The summed E-state index contributed by atoms with van der Waals surface area (Å²) >= 11 is 0. The van der Waals surface area contributed by atoms with E-state index in [9.17, 15) is 53.1 Å². The van der Waals surface area contributed by atoms with E-state index in [1.807, 2.05) is 0 Å². The molecule has 0 saturated heterocycles. The van der Waals surface area contributed by atoms with Crippen LogP contribution in [-0.4, -0.2) is 48.4 Å². The highest BCUT2D eigenvalue weighted by atomic mass is 19.4. The predicted molar refractivity (Wildman–Crippen MR) is 61.1 cm³/mol. The maximum atomic E-state index is 13.3. The molecule has 13 heteroatoms. The Labute approximate surface area is 133 Å². The molecule has 0 heterocycles. The van der Waals surface area contributed by atoms with Crippen molar-refractivity contribution in [3.05, 3.63) is 12.2 Å². The van der Waals surface area contributed by atoms with Crippen LogP contribution in [0.25, 0.3) is 0 Å². The third kappa shape index (κ3) is 3.68. The second-order valence-corrected chi connectivity index (χ2v) is 5.02. The van der Waals surface area contributed by atoms with Crippen molar-refractivity contribution in [2.45, 2.75) is 49.6 Å². The normalized spacial score (nSPS) is 15.7. The molecule has 2 nitrogen and oxygen atoms in total. The third-order valence-electron chi connectivity index (χ3n) is 2.90. The van der Waals surface area contributed by atoms with Gasteiger partial charge in [-0.2, -0.15) is 43.9 Å². The van der Waals surface area contributed by atoms with Crippen molar-refractivity contribution in [3.8, 4) is 0 Å². The van der Waals surface area contributed by atoms with E-state index in [4.69, 9.17) is 0 Å². The van der Waals surface area contributed by atoms with Crippen LogP contribution in [0.4, 0.5) is 48.3 Å². The number of carbonyl (C=O) groups is 1. The number of carbonyl (C=O) groups excluding carboxylic acids is 1. The summed E-state index contributed by atoms with van der Waals surface area (Å²) < 4.78 is 147. The molecule has 0 aromatic carbocycles. The monoisotopic (exact) mass is 396 g/mol. The quantitative estimate of drug-likeness (QED) is 0.340. The first-order chi connectivity index (χ1) is 10.8. The molecule has 0 aliphatic heterocycles. The van der Waals surface area contributed by atoms with Crippen molar-refractivity contribution in [1.82, 2.24) is 0 Å². The minimum atomic E-state index is -7.40. The van der Waals surface area contributed by atoms with Gasteiger partial charge in [0.2, 0.25) is 0 Å². The molecule has 0 N–H and O–H groups in total. The van der Waals surface area contributed by atoms with Crippen LogP contribution in [0.3, 0.4) is 0 Å². The summed E-state index contributed by atoms with van der Waals surface area (Å²) in [5.74, 6) is -36.1. The number of ether oxygens (including phenoxy) is 1. The van der Waals surface area contributed by atoms with Crippen LogP contribution in [-0.2, 0) is 9.53 Å². The minimum Gasteiger partial charge on any atom is -0.456 e. The van der Waals surface area contributed by atoms with E-state index in [1.165, 1.54) is 0 Å². The lowest BCUT2D eigenvalue weighted by atomic mass is 9.93. The third-order valence-corrected chi connectivity index (χ3v) is 2.90. The van der Waals surface area contributed by atoms with Crippen molar-refractivity contribution in [2.24, 2.45) is 0 Å². The van der Waals surface area contributed by atoms with E-state index >= 15 is 0 Å². The second kappa shape index (κ2) is 6.63. The van der Waals surface area contributed by atoms with Crippen molar-refractivity contribution >= 4 is 5.97 Å². The molecular formula is C12H11F11O2. The summed E-state index contributed by atoms with van der Waals surface area (Å²) in [5.41, 5.74) is -0.631. The number of rotatable bonds is 8. The summed E-state index contributed by atoms with van der Waals surface area (Å²) in [6, 6.07) is 0. The Morgan fingerprint density at radius 1 is 0.920 bits per heavy atom. The topological polar surface area (TPSA) is 26.3 Å². The average molecular weight is 396 g/mol. The van der Waals surface area contributed by atoms with Gasteiger partial charge in [0.25, 0.3) is 0 Å². The maximum absolute atomic E-state index is 13.3. The molecule has 1 unspecified atom stereocenters. The highest BCUT2D eigenvalue weighted by molar-refractivity contribution is 5.86. The molecule has 0 fully saturated rings. The van der Waals surface area contributed by atoms with Gasteiger partial charge in [-0.1, -0.05) is 6.58 Å². The molecule has 0 spiro atoms. The van der Waals surface area contributed by atoms with Gasteiger partial charge < -0.3 is 4.74 Å². The van der Waals surface area contributed by atoms with E-state index in [2.05, 4.69) is 11.3 Å². The van der Waals surface area contributed by atoms with Gasteiger partial charge in [-0.3, -0.25) is 0 Å². The summed E-state index contributed by atoms with van der Waals surface area (Å²) in [6.07, 6.45) is -4.07. The number of esters is 1. The second-order valence-electron chi connectivity index (χ2n) is 5.02. The summed E-state index contributed by atoms with van der Waals surface area (Å²) in [7, 11) is 0. The molecule has 0 bridgehead atoms. The van der Waals surface area contributed by atoms with Crippen LogP contribution in [0.5, 0.6) is 0 Å². The molecule has 0 aliphatic rings. The molecule has 0 amide bonds. The van der Waals surface area contributed by atoms with Gasteiger partial charge in [-0.25, -0.2) is 9.18 Å². The van der Waals surface area contributed by atoms with E-state index in [0.717, 1.165) is 6.92 Å². The van der Waals surface area contributed by atoms with E-state index in [1.54, 1.807) is 0 Å². The number of hydrogen-bond acceptors (Lipinski definition) is 2. The smallest absolute Gasteiger partial charge is 0.384 e. The molecule has 0 aliphatic carbocycles. The molecule has 0 saturated carbocycles. The van der Waals surface area contributed by atoms with E-state index in [-0.39, 0.29) is 6.92 Å². The van der Waals surface area contributed by atoms with Gasteiger partial charge in [0.05, 0.1) is 0 Å². The van der Waals surface area contributed by atoms with Crippen LogP contribution in [0.2, 0.25) is 0 Å². The minimum absolute atomic E-state index is 0.352.